The van der Waals surface area contributed by atoms with E-state index < -0.39 is 0 Å². The van der Waals surface area contributed by atoms with E-state index in [4.69, 9.17) is 22.8 Å². The monoisotopic (exact) mass is 267 g/mol. The van der Waals surface area contributed by atoms with Crippen LogP contribution in [0.5, 0.6) is 11.5 Å². The van der Waals surface area contributed by atoms with Gasteiger partial charge in [-0.1, -0.05) is 18.5 Å². The smallest absolute Gasteiger partial charge is 0.162 e. The number of methoxy groups -OCH3 is 1. The van der Waals surface area contributed by atoms with Gasteiger partial charge in [-0.15, -0.1) is 12.3 Å². The number of nitrogens with one attached hydrogen (secondary N) is 1. The molecule has 4 heteroatoms. The van der Waals surface area contributed by atoms with Crippen molar-refractivity contribution in [3.8, 4) is 23.8 Å². The van der Waals surface area contributed by atoms with Gasteiger partial charge in [-0.2, -0.15) is 0 Å². The maximum atomic E-state index is 9.96. The summed E-state index contributed by atoms with van der Waals surface area (Å²) >= 11 is 5.96. The molecule has 0 amide bonds. The molecule has 0 aromatic heterocycles. The van der Waals surface area contributed by atoms with Gasteiger partial charge in [0.2, 0.25) is 0 Å². The minimum absolute atomic E-state index is 0.116. The predicted octanol–water partition coefficient (Wildman–Crippen LogP) is 2.95. The fraction of sp³-hybridized carbons (Fsp3) is 0.429. The van der Waals surface area contributed by atoms with Crippen molar-refractivity contribution in [2.45, 2.75) is 32.4 Å². The molecular formula is C14H18ClNO2. The third kappa shape index (κ3) is 3.83. The van der Waals surface area contributed by atoms with Crippen molar-refractivity contribution in [3.05, 3.63) is 22.7 Å². The van der Waals surface area contributed by atoms with E-state index in [9.17, 15) is 5.11 Å². The fourth-order valence-corrected chi connectivity index (χ4v) is 1.91. The third-order valence-electron chi connectivity index (χ3n) is 2.78. The molecule has 0 aliphatic carbocycles. The average molecular weight is 268 g/mol. The summed E-state index contributed by atoms with van der Waals surface area (Å²) in [6.07, 6.45) is 6.89. The van der Waals surface area contributed by atoms with Crippen LogP contribution >= 0.6 is 11.6 Å². The number of phenolic OH excluding ortho intramolecular Hbond substituents is 1. The summed E-state index contributed by atoms with van der Waals surface area (Å²) in [5, 5.41) is 13.8. The molecule has 0 heterocycles. The Labute approximate surface area is 113 Å². The highest BCUT2D eigenvalue weighted by molar-refractivity contribution is 6.30. The summed E-state index contributed by atoms with van der Waals surface area (Å²) < 4.78 is 5.05. The van der Waals surface area contributed by atoms with Gasteiger partial charge in [-0.05, 0) is 12.5 Å². The second-order valence-corrected chi connectivity index (χ2v) is 4.45. The Hall–Kier alpha value is -1.37. The molecule has 3 nitrogen and oxygen atoms in total. The van der Waals surface area contributed by atoms with Gasteiger partial charge in [0.1, 0.15) is 0 Å². The third-order valence-corrected chi connectivity index (χ3v) is 3.00. The maximum absolute atomic E-state index is 9.96. The van der Waals surface area contributed by atoms with E-state index >= 15 is 0 Å². The van der Waals surface area contributed by atoms with E-state index in [-0.39, 0.29) is 11.8 Å². The number of aromatic hydroxyl groups is 1. The number of phenols is 1. The lowest BCUT2D eigenvalue weighted by atomic mass is 10.1. The molecule has 0 saturated carbocycles. The van der Waals surface area contributed by atoms with Gasteiger partial charge < -0.3 is 15.2 Å². The van der Waals surface area contributed by atoms with Gasteiger partial charge in [-0.3, -0.25) is 0 Å². The molecule has 1 atom stereocenters. The van der Waals surface area contributed by atoms with Crippen LogP contribution in [-0.2, 0) is 6.54 Å². The Bertz CT molecular complexity index is 440. The second-order valence-electron chi connectivity index (χ2n) is 4.01. The quantitative estimate of drug-likeness (QED) is 0.779. The minimum atomic E-state index is 0.116. The zero-order chi connectivity index (χ0) is 13.5. The molecule has 2 N–H and O–H groups in total. The molecule has 0 spiro atoms. The molecule has 98 valence electrons. The van der Waals surface area contributed by atoms with E-state index in [0.29, 0.717) is 29.3 Å². The van der Waals surface area contributed by atoms with Crippen LogP contribution in [0.3, 0.4) is 0 Å². The van der Waals surface area contributed by atoms with Crippen molar-refractivity contribution in [2.24, 2.45) is 0 Å². The van der Waals surface area contributed by atoms with Crippen molar-refractivity contribution in [3.63, 3.8) is 0 Å². The SMILES string of the molecule is C#CCC(CC)NCc1cc(Cl)cc(OC)c1O. The zero-order valence-corrected chi connectivity index (χ0v) is 11.4. The molecular weight excluding hydrogens is 250 g/mol. The predicted molar refractivity (Wildman–Crippen MR) is 74.0 cm³/mol. The van der Waals surface area contributed by atoms with E-state index in [2.05, 4.69) is 18.2 Å². The van der Waals surface area contributed by atoms with Crippen LogP contribution in [-0.4, -0.2) is 18.3 Å². The molecule has 0 aliphatic heterocycles. The van der Waals surface area contributed by atoms with Crippen LogP contribution in [0.4, 0.5) is 0 Å². The van der Waals surface area contributed by atoms with Crippen LogP contribution in [0.1, 0.15) is 25.3 Å². The number of halogens is 1. The summed E-state index contributed by atoms with van der Waals surface area (Å²) in [6, 6.07) is 3.54. The molecule has 1 aromatic carbocycles. The van der Waals surface area contributed by atoms with Gasteiger partial charge in [0.25, 0.3) is 0 Å². The van der Waals surface area contributed by atoms with Crippen molar-refractivity contribution in [1.82, 2.24) is 5.32 Å². The lowest BCUT2D eigenvalue weighted by molar-refractivity contribution is 0.368. The van der Waals surface area contributed by atoms with Crippen LogP contribution in [0.2, 0.25) is 5.02 Å². The normalized spacial score (nSPS) is 11.9. The minimum Gasteiger partial charge on any atom is -0.504 e. The molecule has 18 heavy (non-hydrogen) atoms. The molecule has 1 rings (SSSR count). The van der Waals surface area contributed by atoms with Gasteiger partial charge in [0, 0.05) is 35.7 Å². The highest BCUT2D eigenvalue weighted by Gasteiger charge is 2.11. The van der Waals surface area contributed by atoms with Gasteiger partial charge >= 0.3 is 0 Å². The molecule has 1 aromatic rings. The van der Waals surface area contributed by atoms with Gasteiger partial charge in [0.15, 0.2) is 11.5 Å². The summed E-state index contributed by atoms with van der Waals surface area (Å²) in [4.78, 5) is 0. The second kappa shape index (κ2) is 7.15. The van der Waals surface area contributed by atoms with Crippen molar-refractivity contribution in [1.29, 1.82) is 0 Å². The summed E-state index contributed by atoms with van der Waals surface area (Å²) in [7, 11) is 1.50. The highest BCUT2D eigenvalue weighted by Crippen LogP contribution is 2.33. The number of hydrogen-bond acceptors (Lipinski definition) is 3. The topological polar surface area (TPSA) is 41.5 Å². The fourth-order valence-electron chi connectivity index (χ4n) is 1.68. The summed E-state index contributed by atoms with van der Waals surface area (Å²) in [5.41, 5.74) is 0.704. The Kier molecular flexibility index (Phi) is 5.84. The molecule has 0 bridgehead atoms. The van der Waals surface area contributed by atoms with Crippen LogP contribution in [0.25, 0.3) is 0 Å². The van der Waals surface area contributed by atoms with Crippen LogP contribution < -0.4 is 10.1 Å². The Balaban J connectivity index is 2.78. The van der Waals surface area contributed by atoms with Gasteiger partial charge in [0.05, 0.1) is 7.11 Å². The first-order valence-electron chi connectivity index (χ1n) is 5.84. The number of ether oxygens (including phenoxy) is 1. The standard InChI is InChI=1S/C14H18ClNO2/c1-4-6-12(5-2)16-9-10-7-11(15)8-13(18-3)14(10)17/h1,7-8,12,16-17H,5-6,9H2,2-3H3. The molecule has 0 saturated heterocycles. The number of terminal acetylenes is 1. The van der Waals surface area contributed by atoms with Crippen LogP contribution in [0, 0.1) is 12.3 Å². The maximum Gasteiger partial charge on any atom is 0.162 e. The van der Waals surface area contributed by atoms with Gasteiger partial charge in [-0.25, -0.2) is 0 Å². The molecule has 0 aliphatic rings. The highest BCUT2D eigenvalue weighted by atomic mass is 35.5. The molecule has 0 radical (unpaired) electrons. The first kappa shape index (κ1) is 14.7. The number of benzene rings is 1. The first-order chi connectivity index (χ1) is 8.62. The van der Waals surface area contributed by atoms with E-state index in [1.54, 1.807) is 12.1 Å². The van der Waals surface area contributed by atoms with E-state index in [1.165, 1.54) is 7.11 Å². The lowest BCUT2D eigenvalue weighted by Crippen LogP contribution is -2.27. The first-order valence-corrected chi connectivity index (χ1v) is 6.22. The largest absolute Gasteiger partial charge is 0.504 e. The molecule has 0 fully saturated rings. The van der Waals surface area contributed by atoms with Crippen LogP contribution in [0.15, 0.2) is 12.1 Å². The Morgan fingerprint density at radius 1 is 1.56 bits per heavy atom. The van der Waals surface area contributed by atoms with Crippen molar-refractivity contribution in [2.75, 3.05) is 7.11 Å². The zero-order valence-electron chi connectivity index (χ0n) is 10.7. The van der Waals surface area contributed by atoms with E-state index in [0.717, 1.165) is 6.42 Å². The average Bonchev–Trinajstić information content (AvgIpc) is 2.37. The van der Waals surface area contributed by atoms with E-state index in [1.807, 2.05) is 0 Å². The lowest BCUT2D eigenvalue weighted by Gasteiger charge is -2.16. The summed E-state index contributed by atoms with van der Waals surface area (Å²) in [6.45, 7) is 2.57. The Morgan fingerprint density at radius 2 is 2.28 bits per heavy atom. The van der Waals surface area contributed by atoms with Crippen molar-refractivity contribution >= 4 is 11.6 Å². The summed E-state index contributed by atoms with van der Waals surface area (Å²) in [5.74, 6) is 3.12. The number of hydrogen-bond donors (Lipinski definition) is 2. The molecule has 1 unspecified atom stereocenters. The Morgan fingerprint density at radius 3 is 2.83 bits per heavy atom. The van der Waals surface area contributed by atoms with Crippen molar-refractivity contribution < 1.29 is 9.84 Å². The number of rotatable bonds is 6.